The Morgan fingerprint density at radius 3 is 2.72 bits per heavy atom. The molecule has 0 fully saturated rings. The molecule has 166 valence electrons. The molecular weight excluding hydrogens is 407 g/mol. The van der Waals surface area contributed by atoms with Crippen LogP contribution in [0.4, 0.5) is 10.2 Å². The maximum absolute atomic E-state index is 14.9. The quantitative estimate of drug-likeness (QED) is 0.181. The molecule has 0 amide bonds. The first-order valence-electron chi connectivity index (χ1n) is 10.4. The van der Waals surface area contributed by atoms with E-state index < -0.39 is 0 Å². The van der Waals surface area contributed by atoms with Crippen LogP contribution in [0.1, 0.15) is 31.5 Å². The third kappa shape index (κ3) is 4.78. The Balaban J connectivity index is 2.35. The third-order valence-electron chi connectivity index (χ3n) is 4.94. The van der Waals surface area contributed by atoms with E-state index in [9.17, 15) is 9.65 Å². The fourth-order valence-electron chi connectivity index (χ4n) is 3.38. The summed E-state index contributed by atoms with van der Waals surface area (Å²) in [6, 6.07) is 10.4. The molecule has 0 spiro atoms. The van der Waals surface area contributed by atoms with Crippen LogP contribution in [0.2, 0.25) is 0 Å². The maximum Gasteiger partial charge on any atom is 0.162 e. The molecule has 2 heterocycles. The SMILES string of the molecule is C=C/C=C\C(Nc1c(-c2ccccc2F)c(CCC)nn1-c1ncccc1C)=C(/C)OO. The lowest BCUT2D eigenvalue weighted by atomic mass is 10.0. The van der Waals surface area contributed by atoms with E-state index >= 15 is 0 Å². The van der Waals surface area contributed by atoms with Gasteiger partial charge >= 0.3 is 0 Å². The van der Waals surface area contributed by atoms with E-state index in [4.69, 9.17) is 5.10 Å². The summed E-state index contributed by atoms with van der Waals surface area (Å²) in [5.41, 5.74) is 3.16. The van der Waals surface area contributed by atoms with Crippen molar-refractivity contribution in [3.63, 3.8) is 0 Å². The number of anilines is 1. The van der Waals surface area contributed by atoms with Crippen molar-refractivity contribution in [3.05, 3.63) is 95.9 Å². The van der Waals surface area contributed by atoms with Crippen LogP contribution in [0, 0.1) is 12.7 Å². The molecule has 7 heteroatoms. The molecule has 3 rings (SSSR count). The van der Waals surface area contributed by atoms with Gasteiger partial charge in [0, 0.05) is 11.8 Å². The van der Waals surface area contributed by atoms with Crippen molar-refractivity contribution in [2.75, 3.05) is 5.32 Å². The molecule has 0 aliphatic heterocycles. The lowest BCUT2D eigenvalue weighted by Gasteiger charge is -2.15. The van der Waals surface area contributed by atoms with E-state index in [0.717, 1.165) is 17.7 Å². The first-order valence-corrected chi connectivity index (χ1v) is 10.4. The van der Waals surface area contributed by atoms with Gasteiger partial charge < -0.3 is 10.2 Å². The number of hydrogen-bond acceptors (Lipinski definition) is 5. The zero-order valence-corrected chi connectivity index (χ0v) is 18.5. The average molecular weight is 435 g/mol. The van der Waals surface area contributed by atoms with Crippen molar-refractivity contribution in [2.24, 2.45) is 0 Å². The van der Waals surface area contributed by atoms with Crippen molar-refractivity contribution >= 4 is 5.82 Å². The molecule has 32 heavy (non-hydrogen) atoms. The van der Waals surface area contributed by atoms with Crippen LogP contribution in [-0.2, 0) is 11.3 Å². The molecule has 0 radical (unpaired) electrons. The zero-order chi connectivity index (χ0) is 23.1. The number of rotatable bonds is 9. The minimum absolute atomic E-state index is 0.227. The summed E-state index contributed by atoms with van der Waals surface area (Å²) in [6.07, 6.45) is 8.17. The van der Waals surface area contributed by atoms with Crippen LogP contribution < -0.4 is 5.32 Å². The molecule has 0 bridgehead atoms. The molecule has 2 aromatic heterocycles. The van der Waals surface area contributed by atoms with Gasteiger partial charge in [-0.25, -0.2) is 14.6 Å². The molecule has 1 aromatic carbocycles. The number of halogens is 1. The number of hydrogen-bond donors (Lipinski definition) is 2. The van der Waals surface area contributed by atoms with Gasteiger partial charge in [0.15, 0.2) is 11.6 Å². The fourth-order valence-corrected chi connectivity index (χ4v) is 3.38. The number of aryl methyl sites for hydroxylation is 2. The Morgan fingerprint density at radius 1 is 1.28 bits per heavy atom. The standard InChI is InChI=1S/C25H27FN4O2/c1-5-7-15-21(18(4)32-31)28-25-23(19-13-8-9-14-20(19)26)22(11-6-2)29-30(25)24-17(3)12-10-16-27-24/h5,7-10,12-16,28,31H,1,6,11H2,2-4H3/b15-7-,21-18-. The molecule has 0 aliphatic carbocycles. The normalized spacial score (nSPS) is 12.0. The van der Waals surface area contributed by atoms with Crippen LogP contribution >= 0.6 is 0 Å². The second-order valence-electron chi connectivity index (χ2n) is 7.24. The highest BCUT2D eigenvalue weighted by atomic mass is 19.1. The van der Waals surface area contributed by atoms with Gasteiger partial charge in [0.05, 0.1) is 17.0 Å². The lowest BCUT2D eigenvalue weighted by molar-refractivity contribution is -0.203. The molecule has 0 atom stereocenters. The molecule has 0 unspecified atom stereocenters. The summed E-state index contributed by atoms with van der Waals surface area (Å²) in [5.74, 6) is 1.00. The first kappa shape index (κ1) is 23.0. The Labute approximate surface area is 187 Å². The Kier molecular flexibility index (Phi) is 7.57. The average Bonchev–Trinajstić information content (AvgIpc) is 3.14. The third-order valence-corrected chi connectivity index (χ3v) is 4.94. The molecule has 0 saturated carbocycles. The van der Waals surface area contributed by atoms with Gasteiger partial charge in [-0.3, -0.25) is 0 Å². The number of aromatic nitrogens is 3. The van der Waals surface area contributed by atoms with E-state index in [2.05, 4.69) is 21.8 Å². The van der Waals surface area contributed by atoms with Crippen molar-refractivity contribution in [3.8, 4) is 16.9 Å². The number of nitrogens with zero attached hydrogens (tertiary/aromatic N) is 3. The van der Waals surface area contributed by atoms with Crippen LogP contribution in [0.25, 0.3) is 16.9 Å². The van der Waals surface area contributed by atoms with E-state index in [-0.39, 0.29) is 11.6 Å². The fraction of sp³-hybridized carbons (Fsp3) is 0.200. The minimum Gasteiger partial charge on any atom is -0.343 e. The summed E-state index contributed by atoms with van der Waals surface area (Å²) in [6.45, 7) is 9.28. The van der Waals surface area contributed by atoms with Gasteiger partial charge in [-0.2, -0.15) is 9.78 Å². The van der Waals surface area contributed by atoms with Gasteiger partial charge in [-0.15, -0.1) is 0 Å². The number of benzene rings is 1. The lowest BCUT2D eigenvalue weighted by Crippen LogP contribution is -2.10. The molecule has 0 aliphatic rings. The smallest absolute Gasteiger partial charge is 0.162 e. The van der Waals surface area contributed by atoms with E-state index in [0.29, 0.717) is 34.9 Å². The zero-order valence-electron chi connectivity index (χ0n) is 18.5. The summed E-state index contributed by atoms with van der Waals surface area (Å²) < 4.78 is 16.6. The second-order valence-corrected chi connectivity index (χ2v) is 7.24. The van der Waals surface area contributed by atoms with E-state index in [1.54, 1.807) is 54.2 Å². The highest BCUT2D eigenvalue weighted by molar-refractivity contribution is 5.81. The predicted molar refractivity (Wildman–Crippen MR) is 125 cm³/mol. The summed E-state index contributed by atoms with van der Waals surface area (Å²) in [7, 11) is 0. The van der Waals surface area contributed by atoms with Crippen LogP contribution in [0.3, 0.4) is 0 Å². The molecule has 2 N–H and O–H groups in total. The van der Waals surface area contributed by atoms with Crippen LogP contribution in [0.15, 0.2) is 78.9 Å². The highest BCUT2D eigenvalue weighted by Crippen LogP contribution is 2.37. The van der Waals surface area contributed by atoms with Crippen molar-refractivity contribution in [2.45, 2.75) is 33.6 Å². The van der Waals surface area contributed by atoms with Crippen LogP contribution in [-0.4, -0.2) is 20.0 Å². The molecule has 3 aromatic rings. The summed E-state index contributed by atoms with van der Waals surface area (Å²) >= 11 is 0. The topological polar surface area (TPSA) is 72.2 Å². The molecular formula is C25H27FN4O2. The van der Waals surface area contributed by atoms with Crippen molar-refractivity contribution < 1.29 is 14.5 Å². The van der Waals surface area contributed by atoms with Gasteiger partial charge in [0.25, 0.3) is 0 Å². The Hall–Kier alpha value is -3.71. The van der Waals surface area contributed by atoms with Gasteiger partial charge in [-0.1, -0.05) is 56.3 Å². The molecule has 0 saturated heterocycles. The number of nitrogens with one attached hydrogen (secondary N) is 1. The first-order chi connectivity index (χ1) is 15.5. The van der Waals surface area contributed by atoms with E-state index in [1.807, 2.05) is 26.0 Å². The Morgan fingerprint density at radius 2 is 2.06 bits per heavy atom. The maximum atomic E-state index is 14.9. The summed E-state index contributed by atoms with van der Waals surface area (Å²) in [5, 5.41) is 17.4. The molecule has 6 nitrogen and oxygen atoms in total. The van der Waals surface area contributed by atoms with Gasteiger partial charge in [0.2, 0.25) is 0 Å². The van der Waals surface area contributed by atoms with Gasteiger partial charge in [0.1, 0.15) is 11.6 Å². The van der Waals surface area contributed by atoms with Crippen molar-refractivity contribution in [1.82, 2.24) is 14.8 Å². The monoisotopic (exact) mass is 434 g/mol. The highest BCUT2D eigenvalue weighted by Gasteiger charge is 2.24. The van der Waals surface area contributed by atoms with E-state index in [1.165, 1.54) is 6.07 Å². The Bertz CT molecular complexity index is 1160. The largest absolute Gasteiger partial charge is 0.343 e. The summed E-state index contributed by atoms with van der Waals surface area (Å²) in [4.78, 5) is 9.00. The minimum atomic E-state index is -0.354. The van der Waals surface area contributed by atoms with Crippen LogP contribution in [0.5, 0.6) is 0 Å². The van der Waals surface area contributed by atoms with Crippen molar-refractivity contribution in [1.29, 1.82) is 0 Å². The number of pyridine rings is 1. The predicted octanol–water partition coefficient (Wildman–Crippen LogP) is 6.21. The number of allylic oxidation sites excluding steroid dienone is 4. The van der Waals surface area contributed by atoms with Gasteiger partial charge in [-0.05, 0) is 44.0 Å². The second kappa shape index (κ2) is 10.5.